The number of rotatable bonds is 4. The predicted octanol–water partition coefficient (Wildman–Crippen LogP) is 3.84. The number of benzene rings is 3. The molecule has 3 aromatic carbocycles. The molecule has 5 rings (SSSR count). The average Bonchev–Trinajstić information content (AvgIpc) is 2.99. The van der Waals surface area contributed by atoms with Crippen LogP contribution in [0.1, 0.15) is 52.1 Å². The van der Waals surface area contributed by atoms with Crippen LogP contribution in [0.25, 0.3) is 21.8 Å². The van der Waals surface area contributed by atoms with Gasteiger partial charge in [-0.3, -0.25) is 18.7 Å². The number of nitrogens with zero attached hydrogens (tertiary/aromatic N) is 3. The molecule has 0 radical (unpaired) electrons. The first-order valence-electron chi connectivity index (χ1n) is 11.3. The van der Waals surface area contributed by atoms with Crippen molar-refractivity contribution in [2.24, 2.45) is 14.1 Å². The first-order chi connectivity index (χ1) is 16.0. The lowest BCUT2D eigenvalue weighted by atomic mass is 9.88. The third kappa shape index (κ3) is 3.19. The van der Waals surface area contributed by atoms with Crippen LogP contribution in [0.15, 0.2) is 47.3 Å². The Morgan fingerprint density at radius 3 is 2.15 bits per heavy atom. The molecule has 7 nitrogen and oxygen atoms in total. The van der Waals surface area contributed by atoms with Crippen molar-refractivity contribution in [2.45, 2.75) is 39.2 Å². The van der Waals surface area contributed by atoms with Crippen LogP contribution in [-0.4, -0.2) is 31.7 Å². The van der Waals surface area contributed by atoms with Gasteiger partial charge in [-0.15, -0.1) is 0 Å². The maximum Gasteiger partial charge on any atom is 0.328 e. The fourth-order valence-electron chi connectivity index (χ4n) is 4.91. The van der Waals surface area contributed by atoms with Gasteiger partial charge in [0.15, 0.2) is 0 Å². The quantitative estimate of drug-likeness (QED) is 0.472. The van der Waals surface area contributed by atoms with Crippen LogP contribution in [0.4, 0.5) is 5.69 Å². The molecule has 0 atom stereocenters. The molecule has 0 bridgehead atoms. The van der Waals surface area contributed by atoms with E-state index in [1.165, 1.54) is 9.47 Å². The normalized spacial score (nSPS) is 14.0. The van der Waals surface area contributed by atoms with Crippen LogP contribution >= 0.6 is 0 Å². The molecule has 2 amide bonds. The minimum atomic E-state index is -0.810. The summed E-state index contributed by atoms with van der Waals surface area (Å²) in [4.78, 5) is 41.0. The third-order valence-corrected chi connectivity index (χ3v) is 6.83. The molecule has 0 aliphatic carbocycles. The Labute approximate surface area is 196 Å². The summed E-state index contributed by atoms with van der Waals surface area (Å²) < 4.78 is 3.07. The van der Waals surface area contributed by atoms with Crippen LogP contribution in [0.2, 0.25) is 0 Å². The summed E-state index contributed by atoms with van der Waals surface area (Å²) in [5.41, 5.74) is 3.55. The van der Waals surface area contributed by atoms with Gasteiger partial charge in [0.05, 0.1) is 22.3 Å². The molecule has 34 heavy (non-hydrogen) atoms. The van der Waals surface area contributed by atoms with Crippen LogP contribution in [0.3, 0.4) is 0 Å². The highest BCUT2D eigenvalue weighted by Gasteiger charge is 2.35. The fraction of sp³-hybridized carbons (Fsp3) is 0.296. The molecular weight excluding hydrogens is 430 g/mol. The minimum Gasteiger partial charge on any atom is -0.390 e. The number of aliphatic hydroxyl groups is 1. The molecule has 0 unspecified atom stereocenters. The maximum atomic E-state index is 13.7. The summed E-state index contributed by atoms with van der Waals surface area (Å²) in [6, 6.07) is 12.8. The van der Waals surface area contributed by atoms with E-state index in [1.807, 2.05) is 31.2 Å². The fourth-order valence-corrected chi connectivity index (χ4v) is 4.91. The van der Waals surface area contributed by atoms with Crippen molar-refractivity contribution < 1.29 is 14.7 Å². The molecular formula is C27H27N3O4. The minimum absolute atomic E-state index is 0.170. The molecule has 1 N–H and O–H groups in total. The zero-order chi connectivity index (χ0) is 24.5. The molecule has 0 saturated carbocycles. The molecule has 1 aliphatic rings. The van der Waals surface area contributed by atoms with E-state index in [2.05, 4.69) is 0 Å². The molecule has 0 saturated heterocycles. The number of aromatic nitrogens is 2. The van der Waals surface area contributed by atoms with Crippen molar-refractivity contribution >= 4 is 39.3 Å². The van der Waals surface area contributed by atoms with E-state index in [9.17, 15) is 19.5 Å². The molecule has 4 aromatic rings. The average molecular weight is 458 g/mol. The van der Waals surface area contributed by atoms with E-state index in [0.29, 0.717) is 40.6 Å². The molecule has 1 aliphatic heterocycles. The number of fused-ring (bicyclic) bond motifs is 1. The first kappa shape index (κ1) is 22.1. The number of imide groups is 1. The van der Waals surface area contributed by atoms with Gasteiger partial charge < -0.3 is 5.11 Å². The van der Waals surface area contributed by atoms with Crippen molar-refractivity contribution in [1.82, 2.24) is 9.13 Å². The number of amides is 2. The molecule has 7 heteroatoms. The van der Waals surface area contributed by atoms with E-state index in [-0.39, 0.29) is 17.5 Å². The zero-order valence-corrected chi connectivity index (χ0v) is 20.0. The summed E-state index contributed by atoms with van der Waals surface area (Å²) in [6.07, 6.45) is 1.20. The standard InChI is InChI=1S/C27H27N3O4/c1-15-13-21-22(29(5)26(33)28(21)4)14-20(15)30-24(31)18-8-6-7-17-16(11-12-27(2,3)34)9-10-19(23(17)18)25(30)32/h6-10,13-14,34H,11-12H2,1-5H3. The van der Waals surface area contributed by atoms with Gasteiger partial charge in [0.1, 0.15) is 0 Å². The Balaban J connectivity index is 1.68. The van der Waals surface area contributed by atoms with Gasteiger partial charge in [-0.1, -0.05) is 18.2 Å². The number of hydrogen-bond donors (Lipinski definition) is 1. The predicted molar refractivity (Wildman–Crippen MR) is 133 cm³/mol. The molecule has 174 valence electrons. The monoisotopic (exact) mass is 457 g/mol. The number of hydrogen-bond acceptors (Lipinski definition) is 4. The summed E-state index contributed by atoms with van der Waals surface area (Å²) in [6.45, 7) is 5.37. The van der Waals surface area contributed by atoms with Crippen molar-refractivity contribution in [3.05, 3.63) is 75.2 Å². The highest BCUT2D eigenvalue weighted by Crippen LogP contribution is 2.37. The topological polar surface area (TPSA) is 84.5 Å². The van der Waals surface area contributed by atoms with Gasteiger partial charge >= 0.3 is 5.69 Å². The lowest BCUT2D eigenvalue weighted by Crippen LogP contribution is -2.41. The van der Waals surface area contributed by atoms with Crippen molar-refractivity contribution in [3.63, 3.8) is 0 Å². The van der Waals surface area contributed by atoms with Gasteiger partial charge in [-0.25, -0.2) is 9.69 Å². The van der Waals surface area contributed by atoms with Crippen LogP contribution in [0, 0.1) is 6.92 Å². The van der Waals surface area contributed by atoms with E-state index in [1.54, 1.807) is 50.7 Å². The van der Waals surface area contributed by atoms with Crippen LogP contribution in [0.5, 0.6) is 0 Å². The van der Waals surface area contributed by atoms with Crippen molar-refractivity contribution in [1.29, 1.82) is 0 Å². The summed E-state index contributed by atoms with van der Waals surface area (Å²) in [5.74, 6) is -0.766. The molecule has 2 heterocycles. The summed E-state index contributed by atoms with van der Waals surface area (Å²) >= 11 is 0. The Kier molecular flexibility index (Phi) is 4.81. The van der Waals surface area contributed by atoms with E-state index in [0.717, 1.165) is 22.0 Å². The smallest absolute Gasteiger partial charge is 0.328 e. The Bertz CT molecular complexity index is 1560. The van der Waals surface area contributed by atoms with Crippen LogP contribution in [-0.2, 0) is 20.5 Å². The van der Waals surface area contributed by atoms with Crippen molar-refractivity contribution in [3.8, 4) is 0 Å². The maximum absolute atomic E-state index is 13.7. The molecule has 0 spiro atoms. The highest BCUT2D eigenvalue weighted by atomic mass is 16.3. The van der Waals surface area contributed by atoms with Crippen molar-refractivity contribution in [2.75, 3.05) is 4.90 Å². The largest absolute Gasteiger partial charge is 0.390 e. The molecule has 0 fully saturated rings. The van der Waals surface area contributed by atoms with E-state index in [4.69, 9.17) is 0 Å². The second-order valence-electron chi connectivity index (χ2n) is 9.79. The lowest BCUT2D eigenvalue weighted by Gasteiger charge is -2.29. The zero-order valence-electron chi connectivity index (χ0n) is 20.0. The second-order valence-corrected chi connectivity index (χ2v) is 9.79. The summed E-state index contributed by atoms with van der Waals surface area (Å²) in [7, 11) is 3.38. The van der Waals surface area contributed by atoms with Crippen LogP contribution < -0.4 is 10.6 Å². The van der Waals surface area contributed by atoms with E-state index < -0.39 is 5.60 Å². The van der Waals surface area contributed by atoms with Gasteiger partial charge in [0.2, 0.25) is 0 Å². The number of anilines is 1. The molecule has 1 aromatic heterocycles. The Morgan fingerprint density at radius 1 is 0.882 bits per heavy atom. The van der Waals surface area contributed by atoms with Gasteiger partial charge in [-0.05, 0) is 74.4 Å². The van der Waals surface area contributed by atoms with Gasteiger partial charge in [0.25, 0.3) is 11.8 Å². The second kappa shape index (κ2) is 7.40. The van der Waals surface area contributed by atoms with Gasteiger partial charge in [-0.2, -0.15) is 0 Å². The number of carbonyl (C=O) groups excluding carboxylic acids is 2. The third-order valence-electron chi connectivity index (χ3n) is 6.83. The SMILES string of the molecule is Cc1cc2c(cc1N1C(=O)c3cccc4c(CCC(C)(C)O)ccc(c34)C1=O)n(C)c(=O)n2C. The number of aryl methyl sites for hydroxylation is 4. The summed E-state index contributed by atoms with van der Waals surface area (Å²) in [5, 5.41) is 11.7. The lowest BCUT2D eigenvalue weighted by molar-refractivity contribution is 0.0714. The van der Waals surface area contributed by atoms with Gasteiger partial charge in [0, 0.05) is 30.6 Å². The number of carbonyl (C=O) groups is 2. The van der Waals surface area contributed by atoms with E-state index >= 15 is 0 Å². The first-order valence-corrected chi connectivity index (χ1v) is 11.3. The number of imidazole rings is 1. The highest BCUT2D eigenvalue weighted by molar-refractivity contribution is 6.36. The Hall–Kier alpha value is -3.71. The Morgan fingerprint density at radius 2 is 1.50 bits per heavy atom.